The molecule has 1 amide bonds. The molecule has 5 rings (SSSR count). The molecule has 158 valence electrons. The summed E-state index contributed by atoms with van der Waals surface area (Å²) < 4.78 is 1.72. The monoisotopic (exact) mass is 415 g/mol. The highest BCUT2D eigenvalue weighted by molar-refractivity contribution is 5.91. The molecule has 0 spiro atoms. The number of hydrogen-bond donors (Lipinski definition) is 1. The van der Waals surface area contributed by atoms with Gasteiger partial charge in [0.1, 0.15) is 0 Å². The molecule has 1 N–H and O–H groups in total. The van der Waals surface area contributed by atoms with Crippen molar-refractivity contribution < 1.29 is 4.79 Å². The molecule has 0 unspecified atom stereocenters. The van der Waals surface area contributed by atoms with Gasteiger partial charge < -0.3 is 5.32 Å². The summed E-state index contributed by atoms with van der Waals surface area (Å²) >= 11 is 0. The average molecular weight is 416 g/mol. The Kier molecular flexibility index (Phi) is 5.52. The third-order valence-electron chi connectivity index (χ3n) is 5.96. The van der Waals surface area contributed by atoms with Gasteiger partial charge in [-0.1, -0.05) is 16.9 Å². The SMILES string of the molecule is O=C(NCc1ccccn1)c1cn(CCCCc2cc3c(nn2)CC2=C3CCC2)nn1. The van der Waals surface area contributed by atoms with E-state index in [1.165, 1.54) is 30.4 Å². The van der Waals surface area contributed by atoms with E-state index in [1.807, 2.05) is 18.2 Å². The van der Waals surface area contributed by atoms with E-state index in [4.69, 9.17) is 0 Å². The summed E-state index contributed by atoms with van der Waals surface area (Å²) in [5.41, 5.74) is 7.79. The summed E-state index contributed by atoms with van der Waals surface area (Å²) in [4.78, 5) is 16.4. The van der Waals surface area contributed by atoms with Crippen molar-refractivity contribution in [3.8, 4) is 0 Å². The Bertz CT molecular complexity index is 1120. The molecular weight excluding hydrogens is 390 g/mol. The first-order valence-electron chi connectivity index (χ1n) is 10.9. The van der Waals surface area contributed by atoms with Crippen LogP contribution in [0, 0.1) is 0 Å². The molecule has 0 aromatic carbocycles. The van der Waals surface area contributed by atoms with E-state index in [2.05, 4.69) is 36.9 Å². The lowest BCUT2D eigenvalue weighted by molar-refractivity contribution is 0.0945. The van der Waals surface area contributed by atoms with Crippen LogP contribution >= 0.6 is 0 Å². The third-order valence-corrected chi connectivity index (χ3v) is 5.96. The van der Waals surface area contributed by atoms with Crippen molar-refractivity contribution in [3.63, 3.8) is 0 Å². The Balaban J connectivity index is 1.08. The lowest BCUT2D eigenvalue weighted by Gasteiger charge is -2.06. The number of nitrogens with one attached hydrogen (secondary N) is 1. The first-order chi connectivity index (χ1) is 15.3. The molecule has 3 aromatic rings. The van der Waals surface area contributed by atoms with Crippen LogP contribution in [0.5, 0.6) is 0 Å². The van der Waals surface area contributed by atoms with Gasteiger partial charge in [-0.05, 0) is 62.3 Å². The highest BCUT2D eigenvalue weighted by Crippen LogP contribution is 2.42. The van der Waals surface area contributed by atoms with E-state index < -0.39 is 0 Å². The molecular formula is C23H25N7O. The smallest absolute Gasteiger partial charge is 0.273 e. The summed E-state index contributed by atoms with van der Waals surface area (Å²) in [5, 5.41) is 19.8. The molecule has 0 bridgehead atoms. The van der Waals surface area contributed by atoms with Gasteiger partial charge in [-0.25, -0.2) is 0 Å². The molecule has 3 heterocycles. The van der Waals surface area contributed by atoms with Gasteiger partial charge in [0.25, 0.3) is 5.91 Å². The number of unbranched alkanes of at least 4 members (excludes halogenated alkanes) is 1. The summed E-state index contributed by atoms with van der Waals surface area (Å²) in [6.45, 7) is 1.08. The number of aryl methyl sites for hydroxylation is 2. The second-order valence-electron chi connectivity index (χ2n) is 8.14. The van der Waals surface area contributed by atoms with Gasteiger partial charge in [0.2, 0.25) is 0 Å². The number of nitrogens with zero attached hydrogens (tertiary/aromatic N) is 6. The second kappa shape index (κ2) is 8.75. The predicted octanol–water partition coefficient (Wildman–Crippen LogP) is 2.91. The fraction of sp³-hybridized carbons (Fsp3) is 0.391. The fourth-order valence-corrected chi connectivity index (χ4v) is 4.36. The van der Waals surface area contributed by atoms with Crippen LogP contribution in [0.4, 0.5) is 0 Å². The van der Waals surface area contributed by atoms with Crippen LogP contribution in [0.1, 0.15) is 65.2 Å². The minimum absolute atomic E-state index is 0.245. The normalized spacial score (nSPS) is 14.6. The Morgan fingerprint density at radius 2 is 2.06 bits per heavy atom. The lowest BCUT2D eigenvalue weighted by Crippen LogP contribution is -2.23. The lowest BCUT2D eigenvalue weighted by atomic mass is 10.1. The van der Waals surface area contributed by atoms with E-state index in [1.54, 1.807) is 22.6 Å². The molecule has 0 fully saturated rings. The standard InChI is InChI=1S/C23H25N7O/c31-23(25-14-18-8-1-3-10-24-18)22-15-30(29-28-22)11-4-2-7-17-13-20-19-9-5-6-16(19)12-21(20)27-26-17/h1,3,8,10,13,15H,2,4-7,9,11-12,14H2,(H,25,31). The number of amides is 1. The van der Waals surface area contributed by atoms with Gasteiger partial charge in [-0.3, -0.25) is 14.5 Å². The van der Waals surface area contributed by atoms with Gasteiger partial charge >= 0.3 is 0 Å². The zero-order valence-corrected chi connectivity index (χ0v) is 17.4. The zero-order valence-electron chi connectivity index (χ0n) is 17.4. The maximum atomic E-state index is 12.2. The maximum Gasteiger partial charge on any atom is 0.273 e. The molecule has 0 atom stereocenters. The van der Waals surface area contributed by atoms with Crippen LogP contribution in [-0.2, 0) is 25.9 Å². The minimum Gasteiger partial charge on any atom is -0.345 e. The highest BCUT2D eigenvalue weighted by Gasteiger charge is 2.26. The Labute approximate surface area is 180 Å². The van der Waals surface area contributed by atoms with E-state index in [0.717, 1.165) is 42.8 Å². The number of carbonyl (C=O) groups is 1. The summed E-state index contributed by atoms with van der Waals surface area (Å²) in [6, 6.07) is 7.85. The zero-order chi connectivity index (χ0) is 21.0. The molecule has 2 aliphatic carbocycles. The number of rotatable bonds is 8. The van der Waals surface area contributed by atoms with Gasteiger partial charge in [0.15, 0.2) is 5.69 Å². The number of fused-ring (bicyclic) bond motifs is 2. The number of carbonyl (C=O) groups excluding carboxylic acids is 1. The fourth-order valence-electron chi connectivity index (χ4n) is 4.36. The molecule has 0 saturated heterocycles. The summed E-state index contributed by atoms with van der Waals surface area (Å²) in [5.74, 6) is -0.245. The van der Waals surface area contributed by atoms with Crippen molar-refractivity contribution in [1.82, 2.24) is 35.5 Å². The molecule has 2 aliphatic rings. The van der Waals surface area contributed by atoms with E-state index in [0.29, 0.717) is 18.8 Å². The molecule has 31 heavy (non-hydrogen) atoms. The molecule has 0 aliphatic heterocycles. The Morgan fingerprint density at radius 3 is 2.97 bits per heavy atom. The molecule has 8 nitrogen and oxygen atoms in total. The molecule has 3 aromatic heterocycles. The van der Waals surface area contributed by atoms with Crippen LogP contribution in [0.2, 0.25) is 0 Å². The van der Waals surface area contributed by atoms with Crippen LogP contribution in [0.25, 0.3) is 5.57 Å². The Morgan fingerprint density at radius 1 is 1.10 bits per heavy atom. The molecule has 8 heteroatoms. The van der Waals surface area contributed by atoms with E-state index in [-0.39, 0.29) is 5.91 Å². The van der Waals surface area contributed by atoms with Crippen LogP contribution in [0.3, 0.4) is 0 Å². The van der Waals surface area contributed by atoms with Crippen molar-refractivity contribution in [2.75, 3.05) is 0 Å². The van der Waals surface area contributed by atoms with Crippen molar-refractivity contribution in [3.05, 3.63) is 70.6 Å². The van der Waals surface area contributed by atoms with Crippen LogP contribution in [0.15, 0.2) is 42.2 Å². The van der Waals surface area contributed by atoms with Gasteiger partial charge in [-0.15, -0.1) is 5.10 Å². The van der Waals surface area contributed by atoms with Crippen LogP contribution in [-0.4, -0.2) is 36.1 Å². The summed E-state index contributed by atoms with van der Waals surface area (Å²) in [7, 11) is 0. The van der Waals surface area contributed by atoms with Gasteiger partial charge in [0, 0.05) is 24.7 Å². The van der Waals surface area contributed by atoms with Crippen LogP contribution < -0.4 is 5.32 Å². The average Bonchev–Trinajstić information content (AvgIpc) is 3.52. The van der Waals surface area contributed by atoms with Crippen molar-refractivity contribution in [2.24, 2.45) is 0 Å². The second-order valence-corrected chi connectivity index (χ2v) is 8.14. The number of pyridine rings is 1. The minimum atomic E-state index is -0.245. The number of allylic oxidation sites excluding steroid dienone is 2. The van der Waals surface area contributed by atoms with Crippen molar-refractivity contribution in [1.29, 1.82) is 0 Å². The number of aromatic nitrogens is 6. The quantitative estimate of drug-likeness (QED) is 0.568. The van der Waals surface area contributed by atoms with E-state index >= 15 is 0 Å². The first-order valence-corrected chi connectivity index (χ1v) is 10.9. The van der Waals surface area contributed by atoms with Gasteiger partial charge in [0.05, 0.1) is 29.8 Å². The van der Waals surface area contributed by atoms with E-state index in [9.17, 15) is 4.79 Å². The third kappa shape index (κ3) is 4.38. The molecule has 0 radical (unpaired) electrons. The van der Waals surface area contributed by atoms with Crippen molar-refractivity contribution >= 4 is 11.5 Å². The number of hydrogen-bond acceptors (Lipinski definition) is 6. The highest BCUT2D eigenvalue weighted by atomic mass is 16.2. The summed E-state index contributed by atoms with van der Waals surface area (Å²) in [6.07, 6.45) is 10.9. The largest absolute Gasteiger partial charge is 0.345 e. The maximum absolute atomic E-state index is 12.2. The topological polar surface area (TPSA) is 98.5 Å². The van der Waals surface area contributed by atoms with Crippen molar-refractivity contribution in [2.45, 2.75) is 58.0 Å². The van der Waals surface area contributed by atoms with Gasteiger partial charge in [-0.2, -0.15) is 10.2 Å². The first kappa shape index (κ1) is 19.5. The predicted molar refractivity (Wildman–Crippen MR) is 115 cm³/mol. The Hall–Kier alpha value is -3.42. The molecule has 0 saturated carbocycles.